The molecule has 3 nitrogen and oxygen atoms in total. The molecule has 0 N–H and O–H groups in total. The number of rotatable bonds is 3. The van der Waals surface area contributed by atoms with E-state index < -0.39 is 0 Å². The first-order valence-corrected chi connectivity index (χ1v) is 13.6. The number of hydrogen-bond acceptors (Lipinski definition) is 3. The highest BCUT2D eigenvalue weighted by Gasteiger charge is 2.40. The van der Waals surface area contributed by atoms with Crippen LogP contribution in [0.4, 0.5) is 0 Å². The molecule has 0 saturated heterocycles. The molecule has 0 saturated carbocycles. The van der Waals surface area contributed by atoms with E-state index in [0.29, 0.717) is 0 Å². The molecule has 0 aliphatic carbocycles. The standard InChI is InChI=1S/C36H24BNO2/c1-23-18-29(22-38-21-23)26-12-10-25(11-13-26)27-15-17-32-31(19-27)37-30-16-14-28(24-6-3-2-4-7-24)20-35(30)40-34-9-5-8-33(39-32)36(34)37/h2-22H,1H3. The first kappa shape index (κ1) is 22.9. The largest absolute Gasteiger partial charge is 0.458 e. The van der Waals surface area contributed by atoms with Gasteiger partial charge in [0, 0.05) is 23.4 Å². The lowest BCUT2D eigenvalue weighted by Crippen LogP contribution is -2.57. The van der Waals surface area contributed by atoms with Crippen LogP contribution in [-0.2, 0) is 0 Å². The number of nitrogens with zero attached hydrogens (tertiary/aromatic N) is 1. The summed E-state index contributed by atoms with van der Waals surface area (Å²) in [5, 5.41) is 0. The van der Waals surface area contributed by atoms with Gasteiger partial charge in [-0.05, 0) is 81.6 Å². The van der Waals surface area contributed by atoms with Crippen molar-refractivity contribution in [1.82, 2.24) is 4.98 Å². The van der Waals surface area contributed by atoms with Crippen LogP contribution in [0.1, 0.15) is 5.56 Å². The lowest BCUT2D eigenvalue weighted by molar-refractivity contribution is 0.464. The molecule has 2 aliphatic rings. The molecule has 40 heavy (non-hydrogen) atoms. The monoisotopic (exact) mass is 513 g/mol. The first-order chi connectivity index (χ1) is 19.7. The van der Waals surface area contributed by atoms with Gasteiger partial charge in [-0.2, -0.15) is 0 Å². The van der Waals surface area contributed by atoms with Gasteiger partial charge in [0.15, 0.2) is 0 Å². The van der Waals surface area contributed by atoms with Gasteiger partial charge in [0.2, 0.25) is 0 Å². The van der Waals surface area contributed by atoms with Crippen molar-refractivity contribution < 1.29 is 9.47 Å². The molecule has 5 aromatic carbocycles. The van der Waals surface area contributed by atoms with Crippen LogP contribution in [-0.4, -0.2) is 11.7 Å². The van der Waals surface area contributed by atoms with Crippen molar-refractivity contribution >= 4 is 23.1 Å². The van der Waals surface area contributed by atoms with Crippen molar-refractivity contribution in [2.75, 3.05) is 0 Å². The summed E-state index contributed by atoms with van der Waals surface area (Å²) in [6.45, 7) is 2.10. The van der Waals surface area contributed by atoms with Crippen molar-refractivity contribution in [3.8, 4) is 56.4 Å². The second-order valence-electron chi connectivity index (χ2n) is 10.5. The molecule has 0 atom stereocenters. The maximum absolute atomic E-state index is 6.49. The van der Waals surface area contributed by atoms with Crippen molar-refractivity contribution in [2.45, 2.75) is 6.92 Å². The van der Waals surface area contributed by atoms with Crippen LogP contribution >= 0.6 is 0 Å². The minimum atomic E-state index is 0.0288. The van der Waals surface area contributed by atoms with Gasteiger partial charge in [-0.15, -0.1) is 0 Å². The fourth-order valence-corrected chi connectivity index (χ4v) is 5.99. The summed E-state index contributed by atoms with van der Waals surface area (Å²) in [6, 6.07) is 40.5. The quantitative estimate of drug-likeness (QED) is 0.236. The van der Waals surface area contributed by atoms with Gasteiger partial charge < -0.3 is 9.47 Å². The number of aromatic nitrogens is 1. The van der Waals surface area contributed by atoms with E-state index in [-0.39, 0.29) is 6.71 Å². The molecule has 6 aromatic rings. The van der Waals surface area contributed by atoms with Crippen molar-refractivity contribution in [2.24, 2.45) is 0 Å². The van der Waals surface area contributed by atoms with Crippen LogP contribution in [0.15, 0.2) is 128 Å². The summed E-state index contributed by atoms with van der Waals surface area (Å²) in [5.74, 6) is 3.50. The van der Waals surface area contributed by atoms with E-state index in [4.69, 9.17) is 9.47 Å². The molecule has 0 unspecified atom stereocenters. The fourth-order valence-electron chi connectivity index (χ4n) is 5.99. The molecule has 0 amide bonds. The number of aryl methyl sites for hydroxylation is 1. The molecule has 8 rings (SSSR count). The van der Waals surface area contributed by atoms with E-state index in [0.717, 1.165) is 72.8 Å². The maximum atomic E-state index is 6.49. The molecule has 0 fully saturated rings. The van der Waals surface area contributed by atoms with E-state index in [1.807, 2.05) is 36.7 Å². The van der Waals surface area contributed by atoms with E-state index in [1.54, 1.807) is 0 Å². The highest BCUT2D eigenvalue weighted by atomic mass is 16.5. The lowest BCUT2D eigenvalue weighted by atomic mass is 9.34. The Balaban J connectivity index is 1.23. The predicted octanol–water partition coefficient (Wildman–Crippen LogP) is 7.12. The number of hydrogen-bond donors (Lipinski definition) is 0. The molecular weight excluding hydrogens is 489 g/mol. The van der Waals surface area contributed by atoms with E-state index in [1.165, 1.54) is 5.56 Å². The van der Waals surface area contributed by atoms with Crippen LogP contribution in [0.2, 0.25) is 0 Å². The molecule has 0 bridgehead atoms. The molecule has 4 heteroatoms. The molecular formula is C36H24BNO2. The van der Waals surface area contributed by atoms with Gasteiger partial charge in [0.05, 0.1) is 0 Å². The van der Waals surface area contributed by atoms with Crippen molar-refractivity contribution in [3.05, 3.63) is 133 Å². The molecule has 188 valence electrons. The van der Waals surface area contributed by atoms with Crippen LogP contribution in [0, 0.1) is 6.92 Å². The Kier molecular flexibility index (Phi) is 5.14. The SMILES string of the molecule is Cc1cncc(-c2ccc(-c3ccc4c(c3)B3c5ccc(-c6ccccc6)cc5Oc5cccc(c53)O4)cc2)c1. The Morgan fingerprint density at radius 2 is 1.12 bits per heavy atom. The lowest BCUT2D eigenvalue weighted by Gasteiger charge is -2.33. The Bertz CT molecular complexity index is 1910. The molecule has 0 radical (unpaired) electrons. The zero-order valence-electron chi connectivity index (χ0n) is 22.0. The van der Waals surface area contributed by atoms with Crippen LogP contribution in [0.25, 0.3) is 33.4 Å². The van der Waals surface area contributed by atoms with Gasteiger partial charge >= 0.3 is 0 Å². The zero-order valence-corrected chi connectivity index (χ0v) is 22.0. The summed E-state index contributed by atoms with van der Waals surface area (Å²) < 4.78 is 12.9. The minimum Gasteiger partial charge on any atom is -0.458 e. The van der Waals surface area contributed by atoms with Crippen molar-refractivity contribution in [3.63, 3.8) is 0 Å². The zero-order chi connectivity index (χ0) is 26.6. The number of fused-ring (bicyclic) bond motifs is 4. The van der Waals surface area contributed by atoms with Gasteiger partial charge in [-0.25, -0.2) is 0 Å². The van der Waals surface area contributed by atoms with Gasteiger partial charge in [0.1, 0.15) is 23.0 Å². The molecule has 0 spiro atoms. The molecule has 1 aromatic heterocycles. The van der Waals surface area contributed by atoms with Crippen molar-refractivity contribution in [1.29, 1.82) is 0 Å². The van der Waals surface area contributed by atoms with Gasteiger partial charge in [-0.1, -0.05) is 84.9 Å². The molecule has 2 aliphatic heterocycles. The maximum Gasteiger partial charge on any atom is 0.260 e. The van der Waals surface area contributed by atoms with E-state index in [9.17, 15) is 0 Å². The Morgan fingerprint density at radius 1 is 0.475 bits per heavy atom. The summed E-state index contributed by atoms with van der Waals surface area (Å²) >= 11 is 0. The third-order valence-electron chi connectivity index (χ3n) is 7.93. The number of benzene rings is 5. The number of pyridine rings is 1. The third-order valence-corrected chi connectivity index (χ3v) is 7.93. The van der Waals surface area contributed by atoms with Gasteiger partial charge in [-0.3, -0.25) is 4.98 Å². The Labute approximate surface area is 233 Å². The first-order valence-electron chi connectivity index (χ1n) is 13.6. The molecule has 3 heterocycles. The van der Waals surface area contributed by atoms with E-state index in [2.05, 4.69) is 103 Å². The topological polar surface area (TPSA) is 31.4 Å². The van der Waals surface area contributed by atoms with Crippen LogP contribution in [0.3, 0.4) is 0 Å². The highest BCUT2D eigenvalue weighted by Crippen LogP contribution is 2.37. The Hall–Kier alpha value is -5.09. The predicted molar refractivity (Wildman–Crippen MR) is 163 cm³/mol. The smallest absolute Gasteiger partial charge is 0.260 e. The average Bonchev–Trinajstić information content (AvgIpc) is 3.01. The summed E-state index contributed by atoms with van der Waals surface area (Å²) in [7, 11) is 0. The second kappa shape index (κ2) is 8.99. The third kappa shape index (κ3) is 3.72. The summed E-state index contributed by atoms with van der Waals surface area (Å²) in [6.07, 6.45) is 3.80. The number of ether oxygens (including phenoxy) is 2. The highest BCUT2D eigenvalue weighted by molar-refractivity contribution is 6.98. The minimum absolute atomic E-state index is 0.0288. The van der Waals surface area contributed by atoms with E-state index >= 15 is 0 Å². The van der Waals surface area contributed by atoms with Gasteiger partial charge in [0.25, 0.3) is 6.71 Å². The summed E-state index contributed by atoms with van der Waals surface area (Å²) in [5.41, 5.74) is 11.5. The fraction of sp³-hybridized carbons (Fsp3) is 0.0278. The second-order valence-corrected chi connectivity index (χ2v) is 10.5. The Morgan fingerprint density at radius 3 is 1.90 bits per heavy atom. The summed E-state index contributed by atoms with van der Waals surface area (Å²) in [4.78, 5) is 4.35. The van der Waals surface area contributed by atoms with Crippen LogP contribution in [0.5, 0.6) is 23.0 Å². The van der Waals surface area contributed by atoms with Crippen LogP contribution < -0.4 is 25.9 Å². The average molecular weight is 513 g/mol. The normalized spacial score (nSPS) is 12.5.